The molecule has 3 aromatic rings. The number of rotatable bonds is 5. The van der Waals surface area contributed by atoms with Crippen molar-refractivity contribution in [1.29, 1.82) is 0 Å². The molecule has 1 aliphatic heterocycles. The summed E-state index contributed by atoms with van der Waals surface area (Å²) in [5.41, 5.74) is 4.37. The van der Waals surface area contributed by atoms with Crippen LogP contribution in [0.1, 0.15) is 56.6 Å². The monoisotopic (exact) mass is 465 g/mol. The van der Waals surface area contributed by atoms with Crippen LogP contribution in [-0.4, -0.2) is 24.1 Å². The second-order valence-corrected chi connectivity index (χ2v) is 10.1. The average molecular weight is 466 g/mol. The summed E-state index contributed by atoms with van der Waals surface area (Å²) >= 11 is 0. The Kier molecular flexibility index (Phi) is 6.38. The fourth-order valence-electron chi connectivity index (χ4n) is 5.52. The van der Waals surface area contributed by atoms with Crippen molar-refractivity contribution in [2.45, 2.75) is 45.4 Å². The van der Waals surface area contributed by atoms with Gasteiger partial charge in [0.1, 0.15) is 5.92 Å². The molecule has 0 N–H and O–H groups in total. The second-order valence-electron chi connectivity index (χ2n) is 10.1. The highest BCUT2D eigenvalue weighted by Crippen LogP contribution is 2.48. The molecule has 0 spiro atoms. The lowest BCUT2D eigenvalue weighted by atomic mass is 9.68. The number of nitrogens with zero attached hydrogens (tertiary/aromatic N) is 1. The van der Waals surface area contributed by atoms with Crippen molar-refractivity contribution in [3.63, 3.8) is 0 Å². The first kappa shape index (κ1) is 23.2. The maximum Gasteiger partial charge on any atom is 0.315 e. The molecule has 0 amide bonds. The van der Waals surface area contributed by atoms with Crippen molar-refractivity contribution in [2.75, 3.05) is 6.61 Å². The molecular weight excluding hydrogens is 434 g/mol. The third-order valence-corrected chi connectivity index (χ3v) is 7.13. The van der Waals surface area contributed by atoms with E-state index < -0.39 is 11.8 Å². The van der Waals surface area contributed by atoms with Gasteiger partial charge in [-0.3, -0.25) is 14.6 Å². The SMILES string of the molecule is CC1=NC2=C(C(=O)C[C@H](c3ccccc3)C2)[C@@H](c2cccc3ccccc23)C1C(=O)OCC(C)C. The van der Waals surface area contributed by atoms with Crippen LogP contribution in [0.25, 0.3) is 10.8 Å². The maximum atomic E-state index is 13.8. The summed E-state index contributed by atoms with van der Waals surface area (Å²) in [6.45, 7) is 6.29. The highest BCUT2D eigenvalue weighted by atomic mass is 16.5. The van der Waals surface area contributed by atoms with Crippen LogP contribution >= 0.6 is 0 Å². The van der Waals surface area contributed by atoms with Gasteiger partial charge in [-0.25, -0.2) is 0 Å². The fraction of sp³-hybridized carbons (Fsp3) is 0.323. The molecule has 4 heteroatoms. The minimum Gasteiger partial charge on any atom is -0.465 e. The lowest BCUT2D eigenvalue weighted by Crippen LogP contribution is -2.38. The molecule has 178 valence electrons. The number of hydrogen-bond donors (Lipinski definition) is 0. The van der Waals surface area contributed by atoms with E-state index in [1.165, 1.54) is 0 Å². The van der Waals surface area contributed by atoms with E-state index in [1.807, 2.05) is 57.2 Å². The normalized spacial score (nSPS) is 22.2. The Hall–Kier alpha value is -3.53. The van der Waals surface area contributed by atoms with Crippen LogP contribution in [0.4, 0.5) is 0 Å². The Morgan fingerprint density at radius 3 is 2.46 bits per heavy atom. The number of carbonyl (C=O) groups excluding carboxylic acids is 2. The highest BCUT2D eigenvalue weighted by molar-refractivity contribution is 6.10. The lowest BCUT2D eigenvalue weighted by Gasteiger charge is -2.37. The van der Waals surface area contributed by atoms with Gasteiger partial charge < -0.3 is 4.74 Å². The van der Waals surface area contributed by atoms with Crippen molar-refractivity contribution in [1.82, 2.24) is 0 Å². The van der Waals surface area contributed by atoms with Crippen molar-refractivity contribution in [3.8, 4) is 0 Å². The zero-order valence-corrected chi connectivity index (χ0v) is 20.5. The molecule has 1 unspecified atom stereocenters. The number of aliphatic imine (C=N–C) groups is 1. The molecule has 0 saturated carbocycles. The maximum absolute atomic E-state index is 13.8. The van der Waals surface area contributed by atoms with E-state index in [4.69, 9.17) is 9.73 Å². The first-order chi connectivity index (χ1) is 16.9. The minimum absolute atomic E-state index is 0.0796. The molecule has 3 aromatic carbocycles. The van der Waals surface area contributed by atoms with E-state index in [2.05, 4.69) is 36.4 Å². The quantitative estimate of drug-likeness (QED) is 0.398. The van der Waals surface area contributed by atoms with Gasteiger partial charge in [-0.1, -0.05) is 86.6 Å². The van der Waals surface area contributed by atoms with Gasteiger partial charge >= 0.3 is 5.97 Å². The molecule has 35 heavy (non-hydrogen) atoms. The van der Waals surface area contributed by atoms with Crippen LogP contribution in [0.5, 0.6) is 0 Å². The average Bonchev–Trinajstić information content (AvgIpc) is 2.86. The van der Waals surface area contributed by atoms with Crippen LogP contribution in [0.3, 0.4) is 0 Å². The van der Waals surface area contributed by atoms with Gasteiger partial charge in [0.2, 0.25) is 0 Å². The van der Waals surface area contributed by atoms with Gasteiger partial charge in [-0.2, -0.15) is 0 Å². The Bertz CT molecular complexity index is 1330. The Labute approximate surface area is 206 Å². The number of carbonyl (C=O) groups is 2. The van der Waals surface area contributed by atoms with Gasteiger partial charge in [-0.05, 0) is 47.1 Å². The third kappa shape index (κ3) is 4.45. The number of esters is 1. The van der Waals surface area contributed by atoms with E-state index in [-0.39, 0.29) is 23.6 Å². The van der Waals surface area contributed by atoms with Crippen molar-refractivity contribution >= 4 is 28.2 Å². The predicted molar refractivity (Wildman–Crippen MR) is 140 cm³/mol. The Morgan fingerprint density at radius 2 is 1.69 bits per heavy atom. The largest absolute Gasteiger partial charge is 0.465 e. The zero-order chi connectivity index (χ0) is 24.5. The topological polar surface area (TPSA) is 55.7 Å². The van der Waals surface area contributed by atoms with Crippen LogP contribution in [-0.2, 0) is 14.3 Å². The summed E-state index contributed by atoms with van der Waals surface area (Å²) in [4.78, 5) is 32.1. The molecule has 0 aromatic heterocycles. The van der Waals surface area contributed by atoms with Crippen LogP contribution in [0.2, 0.25) is 0 Å². The number of ether oxygens (including phenoxy) is 1. The molecule has 0 radical (unpaired) electrons. The molecule has 3 atom stereocenters. The highest BCUT2D eigenvalue weighted by Gasteiger charge is 2.45. The summed E-state index contributed by atoms with van der Waals surface area (Å²) in [6, 6.07) is 24.5. The Balaban J connectivity index is 1.64. The molecule has 5 rings (SSSR count). The van der Waals surface area contributed by atoms with Gasteiger partial charge in [0.15, 0.2) is 5.78 Å². The fourth-order valence-corrected chi connectivity index (χ4v) is 5.52. The molecule has 4 nitrogen and oxygen atoms in total. The number of Topliss-reactive ketones (excluding diaryl/α,β-unsaturated/α-hetero) is 1. The van der Waals surface area contributed by atoms with E-state index in [1.54, 1.807) is 0 Å². The smallest absolute Gasteiger partial charge is 0.315 e. The number of benzene rings is 3. The summed E-state index contributed by atoms with van der Waals surface area (Å²) < 4.78 is 5.73. The molecule has 1 heterocycles. The first-order valence-corrected chi connectivity index (χ1v) is 12.4. The predicted octanol–water partition coefficient (Wildman–Crippen LogP) is 6.61. The van der Waals surface area contributed by atoms with E-state index in [0.717, 1.165) is 33.3 Å². The number of hydrogen-bond acceptors (Lipinski definition) is 4. The molecule has 2 aliphatic rings. The standard InChI is InChI=1S/C31H31NO3/c1-19(2)18-35-31(34)28-20(3)32-26-16-23(21-10-5-4-6-11-21)17-27(33)30(26)29(28)25-15-9-13-22-12-7-8-14-24(22)25/h4-15,19,23,28-29H,16-18H2,1-3H3/t23-,28?,29+/m1/s1. The van der Waals surface area contributed by atoms with E-state index in [9.17, 15) is 9.59 Å². The van der Waals surface area contributed by atoms with Crippen molar-refractivity contribution in [2.24, 2.45) is 16.8 Å². The third-order valence-electron chi connectivity index (χ3n) is 7.13. The number of ketones is 1. The van der Waals surface area contributed by atoms with E-state index >= 15 is 0 Å². The molecule has 0 saturated heterocycles. The molecule has 0 fully saturated rings. The van der Waals surface area contributed by atoms with Crippen LogP contribution in [0, 0.1) is 11.8 Å². The van der Waals surface area contributed by atoms with Gasteiger partial charge in [0.25, 0.3) is 0 Å². The second kappa shape index (κ2) is 9.61. The summed E-state index contributed by atoms with van der Waals surface area (Å²) in [6.07, 6.45) is 1.11. The van der Waals surface area contributed by atoms with Crippen LogP contribution < -0.4 is 0 Å². The van der Waals surface area contributed by atoms with Gasteiger partial charge in [0.05, 0.1) is 6.61 Å². The molecular formula is C31H31NO3. The lowest BCUT2D eigenvalue weighted by molar-refractivity contribution is -0.147. The van der Waals surface area contributed by atoms with Gasteiger partial charge in [-0.15, -0.1) is 0 Å². The molecule has 0 bridgehead atoms. The Morgan fingerprint density at radius 1 is 0.971 bits per heavy atom. The number of fused-ring (bicyclic) bond motifs is 1. The summed E-state index contributed by atoms with van der Waals surface area (Å²) in [5, 5.41) is 2.15. The van der Waals surface area contributed by atoms with Crippen molar-refractivity contribution in [3.05, 3.63) is 95.2 Å². The summed E-state index contributed by atoms with van der Waals surface area (Å²) in [5.74, 6) is -0.920. The van der Waals surface area contributed by atoms with Gasteiger partial charge in [0, 0.05) is 29.3 Å². The summed E-state index contributed by atoms with van der Waals surface area (Å²) in [7, 11) is 0. The van der Waals surface area contributed by atoms with Crippen molar-refractivity contribution < 1.29 is 14.3 Å². The van der Waals surface area contributed by atoms with E-state index in [0.29, 0.717) is 25.0 Å². The van der Waals surface area contributed by atoms with Crippen LogP contribution in [0.15, 0.2) is 89.1 Å². The first-order valence-electron chi connectivity index (χ1n) is 12.4. The number of allylic oxidation sites excluding steroid dienone is 2. The minimum atomic E-state index is -0.615. The zero-order valence-electron chi connectivity index (χ0n) is 20.5. The molecule has 1 aliphatic carbocycles.